The molecule has 1 heterocycles. The summed E-state index contributed by atoms with van der Waals surface area (Å²) in [6.07, 6.45) is 0. The molecule has 0 aliphatic carbocycles. The first-order chi connectivity index (χ1) is 10.8. The maximum absolute atomic E-state index is 13.6. The molecule has 2 aromatic carbocycles. The number of nitrogens with one attached hydrogen (secondary N) is 1. The van der Waals surface area contributed by atoms with E-state index in [2.05, 4.69) is 5.32 Å². The predicted octanol–water partition coefficient (Wildman–Crippen LogP) is 2.21. The number of benzene rings is 2. The molecule has 1 aliphatic rings. The van der Waals surface area contributed by atoms with Gasteiger partial charge in [0.2, 0.25) is 0 Å². The molecule has 120 valence electrons. The zero-order valence-corrected chi connectivity index (χ0v) is 13.3. The molecule has 3 rings (SSSR count). The van der Waals surface area contributed by atoms with Crippen LogP contribution >= 0.6 is 0 Å². The van der Waals surface area contributed by atoms with Crippen LogP contribution in [0.15, 0.2) is 42.5 Å². The molecular formula is C15H14FN3O3S. The van der Waals surface area contributed by atoms with Gasteiger partial charge in [0.05, 0.1) is 16.9 Å². The summed E-state index contributed by atoms with van der Waals surface area (Å²) in [4.78, 5) is 12.1. The van der Waals surface area contributed by atoms with Crippen molar-refractivity contribution in [3.8, 4) is 0 Å². The summed E-state index contributed by atoms with van der Waals surface area (Å²) in [6.45, 7) is 0. The second-order valence-electron chi connectivity index (χ2n) is 5.08. The second-order valence-corrected chi connectivity index (χ2v) is 7.07. The molecular weight excluding hydrogens is 321 g/mol. The summed E-state index contributed by atoms with van der Waals surface area (Å²) in [5, 5.41) is 2.57. The number of nitrogens with zero attached hydrogens (tertiary/aromatic N) is 2. The summed E-state index contributed by atoms with van der Waals surface area (Å²) in [5.41, 5.74) is 1.26. The van der Waals surface area contributed by atoms with E-state index < -0.39 is 21.9 Å². The third-order valence-electron chi connectivity index (χ3n) is 3.72. The van der Waals surface area contributed by atoms with Crippen LogP contribution in [0.5, 0.6) is 0 Å². The molecule has 0 saturated carbocycles. The molecule has 0 aromatic heterocycles. The fourth-order valence-corrected chi connectivity index (χ4v) is 3.56. The van der Waals surface area contributed by atoms with E-state index in [-0.39, 0.29) is 5.56 Å². The van der Waals surface area contributed by atoms with Gasteiger partial charge in [-0.15, -0.1) is 0 Å². The minimum absolute atomic E-state index is 0.0777. The van der Waals surface area contributed by atoms with Gasteiger partial charge in [0.15, 0.2) is 0 Å². The highest BCUT2D eigenvalue weighted by Gasteiger charge is 2.35. The monoisotopic (exact) mass is 335 g/mol. The number of hydrogen-bond donors (Lipinski definition) is 1. The van der Waals surface area contributed by atoms with Crippen molar-refractivity contribution in [2.75, 3.05) is 28.0 Å². The summed E-state index contributed by atoms with van der Waals surface area (Å²) < 4.78 is 40.0. The lowest BCUT2D eigenvalue weighted by Gasteiger charge is -2.13. The molecule has 8 heteroatoms. The Labute approximate surface area is 133 Å². The molecule has 0 bridgehead atoms. The Kier molecular flexibility index (Phi) is 3.48. The normalized spacial score (nSPS) is 15.4. The number of fused-ring (bicyclic) bond motifs is 1. The van der Waals surface area contributed by atoms with Gasteiger partial charge in [-0.1, -0.05) is 12.1 Å². The summed E-state index contributed by atoms with van der Waals surface area (Å²) >= 11 is 0. The summed E-state index contributed by atoms with van der Waals surface area (Å²) in [6, 6.07) is 10.3. The predicted molar refractivity (Wildman–Crippen MR) is 86.5 cm³/mol. The van der Waals surface area contributed by atoms with Crippen molar-refractivity contribution in [2.45, 2.75) is 0 Å². The first-order valence-corrected chi connectivity index (χ1v) is 8.15. The van der Waals surface area contributed by atoms with Crippen molar-refractivity contribution in [2.24, 2.45) is 0 Å². The average Bonchev–Trinajstić information content (AvgIpc) is 2.69. The van der Waals surface area contributed by atoms with Gasteiger partial charge < -0.3 is 5.32 Å². The number of halogens is 1. The van der Waals surface area contributed by atoms with Gasteiger partial charge in [0.25, 0.3) is 5.91 Å². The number of hydrogen-bond acceptors (Lipinski definition) is 3. The first kappa shape index (κ1) is 15.3. The van der Waals surface area contributed by atoms with Crippen molar-refractivity contribution in [3.63, 3.8) is 0 Å². The van der Waals surface area contributed by atoms with Crippen molar-refractivity contribution in [1.29, 1.82) is 0 Å². The number of rotatable bonds is 2. The van der Waals surface area contributed by atoms with E-state index in [0.29, 0.717) is 17.1 Å². The van der Waals surface area contributed by atoms with E-state index in [0.717, 1.165) is 8.61 Å². The Hall–Kier alpha value is -2.61. The standard InChI is InChI=1S/C15H14FN3O3S/c1-18-13-8-7-10(9-14(13)19(2)23(18,21)22)17-15(20)11-5-3-4-6-12(11)16/h3-9H,1-2H3,(H,17,20). The fourth-order valence-electron chi connectivity index (χ4n) is 2.40. The zero-order chi connectivity index (χ0) is 16.8. The van der Waals surface area contributed by atoms with Gasteiger partial charge >= 0.3 is 10.2 Å². The van der Waals surface area contributed by atoms with Gasteiger partial charge in [-0.25, -0.2) is 4.39 Å². The first-order valence-electron chi connectivity index (χ1n) is 6.75. The Morgan fingerprint density at radius 2 is 1.70 bits per heavy atom. The van der Waals surface area contributed by atoms with Crippen molar-refractivity contribution in [1.82, 2.24) is 0 Å². The smallest absolute Gasteiger partial charge is 0.322 e. The van der Waals surface area contributed by atoms with Crippen molar-refractivity contribution in [3.05, 3.63) is 53.8 Å². The maximum Gasteiger partial charge on any atom is 0.326 e. The molecule has 0 fully saturated rings. The number of anilines is 3. The topological polar surface area (TPSA) is 69.7 Å². The highest BCUT2D eigenvalue weighted by atomic mass is 32.2. The number of carbonyl (C=O) groups is 1. The van der Waals surface area contributed by atoms with Crippen LogP contribution in [-0.4, -0.2) is 28.4 Å². The van der Waals surface area contributed by atoms with Gasteiger partial charge in [-0.05, 0) is 30.3 Å². The lowest BCUT2D eigenvalue weighted by atomic mass is 10.2. The fraction of sp³-hybridized carbons (Fsp3) is 0.133. The molecule has 0 saturated heterocycles. The molecule has 0 radical (unpaired) electrons. The number of carbonyl (C=O) groups excluding carboxylic acids is 1. The van der Waals surface area contributed by atoms with E-state index >= 15 is 0 Å². The second kappa shape index (κ2) is 5.24. The van der Waals surface area contributed by atoms with Gasteiger partial charge in [-0.2, -0.15) is 8.42 Å². The molecule has 0 atom stereocenters. The third-order valence-corrected chi connectivity index (χ3v) is 5.50. The summed E-state index contributed by atoms with van der Waals surface area (Å²) in [5.74, 6) is -1.22. The van der Waals surface area contributed by atoms with Crippen LogP contribution in [0.4, 0.5) is 21.5 Å². The van der Waals surface area contributed by atoms with E-state index in [1.807, 2.05) is 0 Å². The Morgan fingerprint density at radius 1 is 1.04 bits per heavy atom. The van der Waals surface area contributed by atoms with E-state index in [1.54, 1.807) is 18.2 Å². The van der Waals surface area contributed by atoms with Crippen LogP contribution in [0.1, 0.15) is 10.4 Å². The van der Waals surface area contributed by atoms with Gasteiger partial charge in [0.1, 0.15) is 5.82 Å². The van der Waals surface area contributed by atoms with Crippen LogP contribution in [0.2, 0.25) is 0 Å². The molecule has 0 unspecified atom stereocenters. The molecule has 1 amide bonds. The van der Waals surface area contributed by atoms with Crippen LogP contribution in [0.25, 0.3) is 0 Å². The zero-order valence-electron chi connectivity index (χ0n) is 12.4. The Morgan fingerprint density at radius 3 is 2.39 bits per heavy atom. The highest BCUT2D eigenvalue weighted by Crippen LogP contribution is 2.40. The quantitative estimate of drug-likeness (QED) is 0.915. The third kappa shape index (κ3) is 2.40. The summed E-state index contributed by atoms with van der Waals surface area (Å²) in [7, 11) is -0.689. The van der Waals surface area contributed by atoms with E-state index in [4.69, 9.17) is 0 Å². The molecule has 0 spiro atoms. The van der Waals surface area contributed by atoms with Gasteiger partial charge in [0, 0.05) is 19.8 Å². The van der Waals surface area contributed by atoms with Gasteiger partial charge in [-0.3, -0.25) is 13.4 Å². The molecule has 1 N–H and O–H groups in total. The molecule has 1 aliphatic heterocycles. The lowest BCUT2D eigenvalue weighted by molar-refractivity contribution is 0.102. The Balaban J connectivity index is 1.92. The van der Waals surface area contributed by atoms with Crippen LogP contribution in [0.3, 0.4) is 0 Å². The molecule has 6 nitrogen and oxygen atoms in total. The largest absolute Gasteiger partial charge is 0.326 e. The van der Waals surface area contributed by atoms with Crippen LogP contribution < -0.4 is 13.9 Å². The van der Waals surface area contributed by atoms with Crippen LogP contribution in [-0.2, 0) is 10.2 Å². The van der Waals surface area contributed by atoms with Crippen LogP contribution in [0, 0.1) is 5.82 Å². The van der Waals surface area contributed by atoms with E-state index in [1.165, 1.54) is 38.4 Å². The van der Waals surface area contributed by atoms with Crippen molar-refractivity contribution < 1.29 is 17.6 Å². The van der Waals surface area contributed by atoms with E-state index in [9.17, 15) is 17.6 Å². The SMILES string of the molecule is CN1c2ccc(NC(=O)c3ccccc3F)cc2N(C)S1(=O)=O. The minimum atomic E-state index is -3.57. The number of amides is 1. The maximum atomic E-state index is 13.6. The molecule has 2 aromatic rings. The lowest BCUT2D eigenvalue weighted by Crippen LogP contribution is -2.32. The average molecular weight is 335 g/mol. The minimum Gasteiger partial charge on any atom is -0.322 e. The highest BCUT2D eigenvalue weighted by molar-refractivity contribution is 7.94. The van der Waals surface area contributed by atoms with Crippen molar-refractivity contribution >= 4 is 33.2 Å². The molecule has 23 heavy (non-hydrogen) atoms. The Bertz CT molecular complexity index is 899.